The van der Waals surface area contributed by atoms with Gasteiger partial charge >= 0.3 is 0 Å². The minimum atomic E-state index is 0.643. The third kappa shape index (κ3) is 5.85. The van der Waals surface area contributed by atoms with Crippen molar-refractivity contribution in [2.45, 2.75) is 103 Å². The molecule has 2 saturated carbocycles. The summed E-state index contributed by atoms with van der Waals surface area (Å²) in [7, 11) is 0. The second-order valence-electron chi connectivity index (χ2n) is 7.50. The van der Waals surface area contributed by atoms with Gasteiger partial charge in [0.2, 0.25) is 0 Å². The largest absolute Gasteiger partial charge is 0.313 e. The number of rotatable bonds is 3. The van der Waals surface area contributed by atoms with Crippen molar-refractivity contribution < 1.29 is 0 Å². The fourth-order valence-corrected chi connectivity index (χ4v) is 3.72. The number of hydrogen-bond acceptors (Lipinski definition) is 1. The average Bonchev–Trinajstić information content (AvgIpc) is 2.36. The van der Waals surface area contributed by atoms with Crippen LogP contribution in [0.4, 0.5) is 0 Å². The van der Waals surface area contributed by atoms with E-state index in [4.69, 9.17) is 0 Å². The van der Waals surface area contributed by atoms with Gasteiger partial charge in [-0.25, -0.2) is 0 Å². The van der Waals surface area contributed by atoms with Crippen molar-refractivity contribution in [2.24, 2.45) is 5.41 Å². The van der Waals surface area contributed by atoms with E-state index in [-0.39, 0.29) is 0 Å². The lowest BCUT2D eigenvalue weighted by molar-refractivity contribution is 0.148. The summed E-state index contributed by atoms with van der Waals surface area (Å²) in [6.07, 6.45) is 20.5. The molecule has 0 saturated heterocycles. The molecule has 0 aromatic carbocycles. The van der Waals surface area contributed by atoms with Crippen molar-refractivity contribution in [3.8, 4) is 0 Å². The lowest BCUT2D eigenvalue weighted by atomic mass is 9.70. The normalized spacial score (nSPS) is 27.0. The van der Waals surface area contributed by atoms with Crippen molar-refractivity contribution in [3.05, 3.63) is 0 Å². The maximum atomic E-state index is 3.92. The molecule has 0 spiro atoms. The Balaban J connectivity index is 1.68. The minimum absolute atomic E-state index is 0.643. The predicted octanol–water partition coefficient (Wildman–Crippen LogP) is 5.44. The lowest BCUT2D eigenvalue weighted by Crippen LogP contribution is -2.42. The Bertz CT molecular complexity index is 220. The molecule has 2 aliphatic carbocycles. The molecule has 0 bridgehead atoms. The van der Waals surface area contributed by atoms with E-state index in [1.807, 2.05) is 0 Å². The van der Waals surface area contributed by atoms with Crippen molar-refractivity contribution in [1.29, 1.82) is 0 Å². The second kappa shape index (κ2) is 8.29. The monoisotopic (exact) mass is 265 g/mol. The van der Waals surface area contributed by atoms with E-state index in [2.05, 4.69) is 12.2 Å². The number of nitrogens with one attached hydrogen (secondary N) is 1. The first-order valence-electron chi connectivity index (χ1n) is 9.02. The zero-order chi connectivity index (χ0) is 13.4. The Morgan fingerprint density at radius 1 is 0.737 bits per heavy atom. The summed E-state index contributed by atoms with van der Waals surface area (Å²) in [5, 5.41) is 3.92. The summed E-state index contributed by atoms with van der Waals surface area (Å²) in [5.41, 5.74) is 0.643. The summed E-state index contributed by atoms with van der Waals surface area (Å²) >= 11 is 0. The molecule has 0 atom stereocenters. The van der Waals surface area contributed by atoms with Gasteiger partial charge in [-0.3, -0.25) is 0 Å². The van der Waals surface area contributed by atoms with Crippen LogP contribution in [0.1, 0.15) is 96.8 Å². The molecular formula is C18H35N. The van der Waals surface area contributed by atoms with Crippen molar-refractivity contribution >= 4 is 0 Å². The van der Waals surface area contributed by atoms with E-state index in [1.165, 1.54) is 96.4 Å². The fourth-order valence-electron chi connectivity index (χ4n) is 3.72. The van der Waals surface area contributed by atoms with Crippen molar-refractivity contribution in [3.63, 3.8) is 0 Å². The van der Waals surface area contributed by atoms with Crippen LogP contribution in [0.2, 0.25) is 0 Å². The predicted molar refractivity (Wildman–Crippen MR) is 84.5 cm³/mol. The highest BCUT2D eigenvalue weighted by Crippen LogP contribution is 2.39. The minimum Gasteiger partial charge on any atom is -0.313 e. The topological polar surface area (TPSA) is 12.0 Å². The van der Waals surface area contributed by atoms with Crippen molar-refractivity contribution in [2.75, 3.05) is 6.54 Å². The van der Waals surface area contributed by atoms with Gasteiger partial charge in [-0.2, -0.15) is 0 Å². The average molecular weight is 265 g/mol. The van der Waals surface area contributed by atoms with Gasteiger partial charge in [-0.15, -0.1) is 0 Å². The molecular weight excluding hydrogens is 230 g/mol. The zero-order valence-corrected chi connectivity index (χ0v) is 13.2. The third-order valence-electron chi connectivity index (χ3n) is 5.48. The van der Waals surface area contributed by atoms with Crippen LogP contribution in [-0.4, -0.2) is 12.6 Å². The lowest BCUT2D eigenvalue weighted by Gasteiger charge is -2.40. The van der Waals surface area contributed by atoms with Crippen LogP contribution in [0.5, 0.6) is 0 Å². The molecule has 1 nitrogen and oxygen atoms in total. The smallest absolute Gasteiger partial charge is 0.00672 e. The maximum Gasteiger partial charge on any atom is 0.00672 e. The van der Waals surface area contributed by atoms with Crippen LogP contribution < -0.4 is 5.32 Å². The molecule has 2 aliphatic rings. The molecule has 0 aliphatic heterocycles. The molecule has 19 heavy (non-hydrogen) atoms. The van der Waals surface area contributed by atoms with Crippen LogP contribution in [0.25, 0.3) is 0 Å². The molecule has 2 fully saturated rings. The summed E-state index contributed by atoms with van der Waals surface area (Å²) in [6.45, 7) is 3.75. The summed E-state index contributed by atoms with van der Waals surface area (Å²) in [6, 6.07) is 0.817. The molecule has 0 heterocycles. The molecule has 2 rings (SSSR count). The van der Waals surface area contributed by atoms with Crippen LogP contribution in [0.15, 0.2) is 0 Å². The molecule has 0 amide bonds. The maximum absolute atomic E-state index is 3.92. The fraction of sp³-hybridized carbons (Fsp3) is 1.00. The number of hydrogen-bond donors (Lipinski definition) is 1. The van der Waals surface area contributed by atoms with E-state index < -0.39 is 0 Å². The van der Waals surface area contributed by atoms with Crippen LogP contribution >= 0.6 is 0 Å². The first-order valence-corrected chi connectivity index (χ1v) is 9.02. The Morgan fingerprint density at radius 2 is 1.21 bits per heavy atom. The van der Waals surface area contributed by atoms with Gasteiger partial charge in [0.15, 0.2) is 0 Å². The van der Waals surface area contributed by atoms with Gasteiger partial charge in [-0.1, -0.05) is 71.1 Å². The standard InChI is InChI=1S/C18H35N/c1-18(14-11-15-18)16-19-17-12-9-7-5-3-2-4-6-8-10-13-17/h17,19H,2-16H2,1H3. The van der Waals surface area contributed by atoms with E-state index in [9.17, 15) is 0 Å². The van der Waals surface area contributed by atoms with E-state index in [0.717, 1.165) is 6.04 Å². The van der Waals surface area contributed by atoms with Gasteiger partial charge < -0.3 is 5.32 Å². The quantitative estimate of drug-likeness (QED) is 0.716. The van der Waals surface area contributed by atoms with Gasteiger partial charge in [0.25, 0.3) is 0 Å². The second-order valence-corrected chi connectivity index (χ2v) is 7.50. The molecule has 0 aromatic rings. The molecule has 112 valence electrons. The summed E-state index contributed by atoms with van der Waals surface area (Å²) < 4.78 is 0. The van der Waals surface area contributed by atoms with Gasteiger partial charge in [-0.05, 0) is 31.1 Å². The highest BCUT2D eigenvalue weighted by Gasteiger charge is 2.31. The van der Waals surface area contributed by atoms with Crippen LogP contribution in [0.3, 0.4) is 0 Å². The highest BCUT2D eigenvalue weighted by molar-refractivity contribution is 4.86. The van der Waals surface area contributed by atoms with Gasteiger partial charge in [0, 0.05) is 12.6 Å². The van der Waals surface area contributed by atoms with E-state index in [1.54, 1.807) is 0 Å². The highest BCUT2D eigenvalue weighted by atomic mass is 14.9. The Kier molecular flexibility index (Phi) is 6.70. The van der Waals surface area contributed by atoms with Gasteiger partial charge in [0.1, 0.15) is 0 Å². The molecule has 1 heteroatoms. The van der Waals surface area contributed by atoms with Crippen molar-refractivity contribution in [1.82, 2.24) is 5.32 Å². The Morgan fingerprint density at radius 3 is 1.63 bits per heavy atom. The SMILES string of the molecule is CC1(CNC2CCCCCCCCCCC2)CCC1. The molecule has 0 unspecified atom stereocenters. The Labute approximate surface area is 120 Å². The van der Waals surface area contributed by atoms with Crippen LogP contribution in [0, 0.1) is 5.41 Å². The third-order valence-corrected chi connectivity index (χ3v) is 5.48. The first-order chi connectivity index (χ1) is 9.29. The van der Waals surface area contributed by atoms with E-state index in [0.29, 0.717) is 5.41 Å². The molecule has 0 aromatic heterocycles. The summed E-state index contributed by atoms with van der Waals surface area (Å²) in [5.74, 6) is 0. The zero-order valence-electron chi connectivity index (χ0n) is 13.2. The molecule has 0 radical (unpaired) electrons. The van der Waals surface area contributed by atoms with E-state index >= 15 is 0 Å². The van der Waals surface area contributed by atoms with Crippen LogP contribution in [-0.2, 0) is 0 Å². The first kappa shape index (κ1) is 15.4. The summed E-state index contributed by atoms with van der Waals surface area (Å²) in [4.78, 5) is 0. The van der Waals surface area contributed by atoms with Gasteiger partial charge in [0.05, 0.1) is 0 Å². The molecule has 1 N–H and O–H groups in total. The Hall–Kier alpha value is -0.0400.